The Bertz CT molecular complexity index is 717. The fraction of sp³-hybridized carbons (Fsp3) is 0.263. The molecule has 0 atom stereocenters. The monoisotopic (exact) mass is 342 g/mol. The number of rotatable bonds is 5. The highest BCUT2D eigenvalue weighted by molar-refractivity contribution is 8.00. The van der Waals surface area contributed by atoms with E-state index >= 15 is 0 Å². The summed E-state index contributed by atoms with van der Waals surface area (Å²) >= 11 is 1.49. The summed E-state index contributed by atoms with van der Waals surface area (Å²) in [5, 5.41) is 2.80. The Labute approximate surface area is 146 Å². The Balaban J connectivity index is 1.87. The molecule has 0 saturated heterocycles. The molecule has 2 aromatic carbocycles. The van der Waals surface area contributed by atoms with Gasteiger partial charge in [-0.3, -0.25) is 9.59 Å². The lowest BCUT2D eigenvalue weighted by Crippen LogP contribution is -2.15. The summed E-state index contributed by atoms with van der Waals surface area (Å²) in [7, 11) is 0. The van der Waals surface area contributed by atoms with Crippen molar-refractivity contribution in [1.29, 1.82) is 0 Å². The molecule has 0 bridgehead atoms. The number of carbonyl (C=O) groups is 2. The van der Waals surface area contributed by atoms with E-state index in [-0.39, 0.29) is 11.3 Å². The standard InChI is InChI=1S/C19H22N2O2S/c1-19(2,3)14-6-10-16(11-7-14)24-12-17(22)21-15-8-4-13(5-9-15)18(20)23/h4-11H,12H2,1-3H3,(H2,20,23)(H,21,22). The number of hydrogen-bond acceptors (Lipinski definition) is 3. The van der Waals surface area contributed by atoms with Gasteiger partial charge in [-0.05, 0) is 47.4 Å². The molecule has 0 aliphatic rings. The van der Waals surface area contributed by atoms with Crippen molar-refractivity contribution in [3.63, 3.8) is 0 Å². The van der Waals surface area contributed by atoms with Crippen LogP contribution in [0, 0.1) is 0 Å². The van der Waals surface area contributed by atoms with Crippen molar-refractivity contribution in [2.45, 2.75) is 31.1 Å². The fourth-order valence-corrected chi connectivity index (χ4v) is 2.81. The Morgan fingerprint density at radius 1 is 1.00 bits per heavy atom. The average molecular weight is 342 g/mol. The number of amides is 2. The van der Waals surface area contributed by atoms with Gasteiger partial charge in [-0.2, -0.15) is 0 Å². The molecule has 126 valence electrons. The number of anilines is 1. The van der Waals surface area contributed by atoms with Crippen molar-refractivity contribution >= 4 is 29.3 Å². The third-order valence-corrected chi connectivity index (χ3v) is 4.56. The molecule has 2 aromatic rings. The number of nitrogens with two attached hydrogens (primary N) is 1. The first-order valence-corrected chi connectivity index (χ1v) is 8.67. The molecule has 2 rings (SSSR count). The highest BCUT2D eigenvalue weighted by Gasteiger charge is 2.13. The average Bonchev–Trinajstić information content (AvgIpc) is 2.53. The largest absolute Gasteiger partial charge is 0.366 e. The smallest absolute Gasteiger partial charge is 0.248 e. The van der Waals surface area contributed by atoms with Crippen LogP contribution >= 0.6 is 11.8 Å². The van der Waals surface area contributed by atoms with Crippen LogP contribution < -0.4 is 11.1 Å². The van der Waals surface area contributed by atoms with Crippen LogP contribution in [0.25, 0.3) is 0 Å². The van der Waals surface area contributed by atoms with Gasteiger partial charge in [0.25, 0.3) is 0 Å². The summed E-state index contributed by atoms with van der Waals surface area (Å²) < 4.78 is 0. The Kier molecular flexibility index (Phi) is 5.67. The molecule has 0 saturated carbocycles. The summed E-state index contributed by atoms with van der Waals surface area (Å²) in [4.78, 5) is 24.1. The highest BCUT2D eigenvalue weighted by atomic mass is 32.2. The molecule has 3 N–H and O–H groups in total. The van der Waals surface area contributed by atoms with Crippen LogP contribution in [-0.4, -0.2) is 17.6 Å². The molecular formula is C19H22N2O2S. The molecule has 0 fully saturated rings. The van der Waals surface area contributed by atoms with Gasteiger partial charge in [-0.15, -0.1) is 11.8 Å². The maximum Gasteiger partial charge on any atom is 0.248 e. The van der Waals surface area contributed by atoms with Gasteiger partial charge in [-0.25, -0.2) is 0 Å². The lowest BCUT2D eigenvalue weighted by molar-refractivity contribution is -0.113. The first kappa shape index (κ1) is 18.1. The van der Waals surface area contributed by atoms with E-state index in [1.807, 2.05) is 12.1 Å². The van der Waals surface area contributed by atoms with Gasteiger partial charge in [-0.1, -0.05) is 32.9 Å². The molecular weight excluding hydrogens is 320 g/mol. The van der Waals surface area contributed by atoms with Gasteiger partial charge < -0.3 is 11.1 Å². The lowest BCUT2D eigenvalue weighted by atomic mass is 9.87. The SMILES string of the molecule is CC(C)(C)c1ccc(SCC(=O)Nc2ccc(C(N)=O)cc2)cc1. The highest BCUT2D eigenvalue weighted by Crippen LogP contribution is 2.25. The molecule has 5 heteroatoms. The fourth-order valence-electron chi connectivity index (χ4n) is 2.11. The van der Waals surface area contributed by atoms with E-state index in [0.29, 0.717) is 17.0 Å². The summed E-state index contributed by atoms with van der Waals surface area (Å²) in [6.45, 7) is 6.52. The molecule has 0 unspecified atom stereocenters. The first-order chi connectivity index (χ1) is 11.3. The van der Waals surface area contributed by atoms with Crippen LogP contribution in [0.3, 0.4) is 0 Å². The second-order valence-electron chi connectivity index (χ2n) is 6.55. The van der Waals surface area contributed by atoms with E-state index in [4.69, 9.17) is 5.73 Å². The Morgan fingerprint density at radius 2 is 1.58 bits per heavy atom. The Hall–Kier alpha value is -2.27. The van der Waals surface area contributed by atoms with Gasteiger partial charge in [0, 0.05) is 16.1 Å². The summed E-state index contributed by atoms with van der Waals surface area (Å²) in [6, 6.07) is 14.8. The zero-order valence-corrected chi connectivity index (χ0v) is 14.9. The molecule has 24 heavy (non-hydrogen) atoms. The van der Waals surface area contributed by atoms with Gasteiger partial charge >= 0.3 is 0 Å². The zero-order chi connectivity index (χ0) is 17.7. The summed E-state index contributed by atoms with van der Waals surface area (Å²) in [6.07, 6.45) is 0. The number of thioether (sulfide) groups is 1. The molecule has 4 nitrogen and oxygen atoms in total. The predicted octanol–water partition coefficient (Wildman–Crippen LogP) is 3.81. The van der Waals surface area contributed by atoms with Crippen LogP contribution in [0.2, 0.25) is 0 Å². The lowest BCUT2D eigenvalue weighted by Gasteiger charge is -2.19. The van der Waals surface area contributed by atoms with Gasteiger partial charge in [0.05, 0.1) is 5.75 Å². The predicted molar refractivity (Wildman–Crippen MR) is 99.5 cm³/mol. The van der Waals surface area contributed by atoms with E-state index in [1.165, 1.54) is 17.3 Å². The first-order valence-electron chi connectivity index (χ1n) is 7.69. The van der Waals surface area contributed by atoms with E-state index in [2.05, 4.69) is 38.2 Å². The molecule has 0 aliphatic heterocycles. The second kappa shape index (κ2) is 7.53. The quantitative estimate of drug-likeness (QED) is 0.812. The molecule has 0 spiro atoms. The minimum absolute atomic E-state index is 0.0910. The van der Waals surface area contributed by atoms with Gasteiger partial charge in [0.2, 0.25) is 11.8 Å². The van der Waals surface area contributed by atoms with Crippen LogP contribution in [0.1, 0.15) is 36.7 Å². The summed E-state index contributed by atoms with van der Waals surface area (Å²) in [5.41, 5.74) is 7.64. The van der Waals surface area contributed by atoms with Crippen molar-refractivity contribution in [1.82, 2.24) is 0 Å². The maximum absolute atomic E-state index is 12.0. The van der Waals surface area contributed by atoms with Crippen molar-refractivity contribution < 1.29 is 9.59 Å². The number of carbonyl (C=O) groups excluding carboxylic acids is 2. The van der Waals surface area contributed by atoms with E-state index in [1.54, 1.807) is 24.3 Å². The van der Waals surface area contributed by atoms with Crippen LogP contribution in [0.5, 0.6) is 0 Å². The third-order valence-electron chi connectivity index (χ3n) is 3.54. The van der Waals surface area contributed by atoms with Crippen molar-refractivity contribution in [2.75, 3.05) is 11.1 Å². The van der Waals surface area contributed by atoms with Crippen molar-refractivity contribution in [3.8, 4) is 0 Å². The molecule has 0 aliphatic carbocycles. The van der Waals surface area contributed by atoms with Crippen molar-refractivity contribution in [3.05, 3.63) is 59.7 Å². The molecule has 2 amide bonds. The molecule has 0 radical (unpaired) electrons. The zero-order valence-electron chi connectivity index (χ0n) is 14.1. The van der Waals surface area contributed by atoms with Crippen LogP contribution in [-0.2, 0) is 10.2 Å². The normalized spacial score (nSPS) is 11.1. The van der Waals surface area contributed by atoms with Crippen LogP contribution in [0.15, 0.2) is 53.4 Å². The number of nitrogens with one attached hydrogen (secondary N) is 1. The molecule has 0 heterocycles. The maximum atomic E-state index is 12.0. The summed E-state index contributed by atoms with van der Waals surface area (Å²) in [5.74, 6) is -0.249. The minimum atomic E-state index is -0.484. The van der Waals surface area contributed by atoms with E-state index < -0.39 is 5.91 Å². The topological polar surface area (TPSA) is 72.2 Å². The third kappa shape index (κ3) is 5.13. The minimum Gasteiger partial charge on any atom is -0.366 e. The molecule has 0 aromatic heterocycles. The van der Waals surface area contributed by atoms with E-state index in [9.17, 15) is 9.59 Å². The van der Waals surface area contributed by atoms with Gasteiger partial charge in [0.1, 0.15) is 0 Å². The van der Waals surface area contributed by atoms with E-state index in [0.717, 1.165) is 4.90 Å². The number of hydrogen-bond donors (Lipinski definition) is 2. The van der Waals surface area contributed by atoms with Crippen molar-refractivity contribution in [2.24, 2.45) is 5.73 Å². The number of primary amides is 1. The Morgan fingerprint density at radius 3 is 2.08 bits per heavy atom. The van der Waals surface area contributed by atoms with Gasteiger partial charge in [0.15, 0.2) is 0 Å². The second-order valence-corrected chi connectivity index (χ2v) is 7.60. The van der Waals surface area contributed by atoms with Crippen LogP contribution in [0.4, 0.5) is 5.69 Å². The number of benzene rings is 2.